The number of thiophene rings is 1. The lowest BCUT2D eigenvalue weighted by atomic mass is 9.99. The van der Waals surface area contributed by atoms with E-state index in [4.69, 9.17) is 0 Å². The fraction of sp³-hybridized carbons (Fsp3) is 0.500. The molecule has 1 saturated carbocycles. The number of amides is 1. The first-order chi connectivity index (χ1) is 8.18. The van der Waals surface area contributed by atoms with Crippen LogP contribution in [0, 0.1) is 5.92 Å². The Balaban J connectivity index is 1.95. The maximum absolute atomic E-state index is 12.1. The molecule has 1 atom stereocenters. The highest BCUT2D eigenvalue weighted by Gasteiger charge is 2.41. The molecule has 90 valence electrons. The molecule has 1 aromatic heterocycles. The van der Waals surface area contributed by atoms with Gasteiger partial charge < -0.3 is 10.0 Å². The van der Waals surface area contributed by atoms with Gasteiger partial charge in [-0.1, -0.05) is 0 Å². The summed E-state index contributed by atoms with van der Waals surface area (Å²) in [6.07, 6.45) is 2.62. The number of hydrogen-bond donors (Lipinski definition) is 1. The van der Waals surface area contributed by atoms with Crippen molar-refractivity contribution in [3.8, 4) is 0 Å². The Bertz CT molecular complexity index is 478. The summed E-state index contributed by atoms with van der Waals surface area (Å²) in [5.74, 6) is -0.815. The Labute approximate surface area is 103 Å². The van der Waals surface area contributed by atoms with Gasteiger partial charge in [0, 0.05) is 17.3 Å². The minimum atomic E-state index is -0.918. The van der Waals surface area contributed by atoms with Crippen LogP contribution in [-0.4, -0.2) is 28.4 Å². The topological polar surface area (TPSA) is 57.6 Å². The van der Waals surface area contributed by atoms with Crippen LogP contribution in [0.4, 0.5) is 0 Å². The second-order valence-corrected chi connectivity index (χ2v) is 5.60. The Morgan fingerprint density at radius 2 is 2.18 bits per heavy atom. The Morgan fingerprint density at radius 3 is 2.82 bits per heavy atom. The fourth-order valence-corrected chi connectivity index (χ4v) is 3.29. The van der Waals surface area contributed by atoms with Crippen LogP contribution in [0.1, 0.15) is 29.3 Å². The summed E-state index contributed by atoms with van der Waals surface area (Å²) in [5, 5.41) is 11.2. The molecule has 2 heterocycles. The van der Waals surface area contributed by atoms with Gasteiger partial charge in [0.2, 0.25) is 5.91 Å². The van der Waals surface area contributed by atoms with E-state index >= 15 is 0 Å². The van der Waals surface area contributed by atoms with Crippen molar-refractivity contribution >= 4 is 23.2 Å². The van der Waals surface area contributed by atoms with Gasteiger partial charge in [-0.15, -0.1) is 11.3 Å². The standard InChI is InChI=1S/C12H13NO3S/c14-11(7-1-2-7)13-5-3-9-8(4-6-17-9)10(13)12(15)16/h4,6-7,10H,1-3,5H2,(H,15,16). The Hall–Kier alpha value is -1.36. The molecule has 1 aliphatic carbocycles. The summed E-state index contributed by atoms with van der Waals surface area (Å²) in [4.78, 5) is 26.1. The molecule has 0 saturated heterocycles. The smallest absolute Gasteiger partial charge is 0.331 e. The van der Waals surface area contributed by atoms with Crippen LogP contribution in [-0.2, 0) is 16.0 Å². The predicted octanol–water partition coefficient (Wildman–Crippen LogP) is 1.67. The second-order valence-electron chi connectivity index (χ2n) is 4.60. The largest absolute Gasteiger partial charge is 0.479 e. The van der Waals surface area contributed by atoms with Crippen molar-refractivity contribution in [2.75, 3.05) is 6.54 Å². The molecule has 0 radical (unpaired) electrons. The molecule has 1 aromatic rings. The summed E-state index contributed by atoms with van der Waals surface area (Å²) < 4.78 is 0. The van der Waals surface area contributed by atoms with Crippen LogP contribution >= 0.6 is 11.3 Å². The summed E-state index contributed by atoms with van der Waals surface area (Å²) in [7, 11) is 0. The molecule has 1 fully saturated rings. The van der Waals surface area contributed by atoms with E-state index < -0.39 is 12.0 Å². The van der Waals surface area contributed by atoms with Crippen LogP contribution in [0.5, 0.6) is 0 Å². The lowest BCUT2D eigenvalue weighted by molar-refractivity contribution is -0.151. The summed E-state index contributed by atoms with van der Waals surface area (Å²) in [6.45, 7) is 0.541. The third-order valence-corrected chi connectivity index (χ3v) is 4.41. The van der Waals surface area contributed by atoms with Gasteiger partial charge in [0.15, 0.2) is 6.04 Å². The van der Waals surface area contributed by atoms with E-state index in [0.717, 1.165) is 29.7 Å². The number of carbonyl (C=O) groups is 2. The van der Waals surface area contributed by atoms with E-state index in [-0.39, 0.29) is 11.8 Å². The molecule has 0 spiro atoms. The van der Waals surface area contributed by atoms with E-state index in [1.807, 2.05) is 11.4 Å². The van der Waals surface area contributed by atoms with Crippen LogP contribution in [0.15, 0.2) is 11.4 Å². The first kappa shape index (κ1) is 10.8. The minimum Gasteiger partial charge on any atom is -0.479 e. The second kappa shape index (κ2) is 3.84. The molecule has 2 aliphatic rings. The lowest BCUT2D eigenvalue weighted by Gasteiger charge is -2.33. The Morgan fingerprint density at radius 1 is 1.41 bits per heavy atom. The van der Waals surface area contributed by atoms with E-state index in [0.29, 0.717) is 6.54 Å². The molecule has 3 rings (SSSR count). The van der Waals surface area contributed by atoms with Crippen molar-refractivity contribution in [3.63, 3.8) is 0 Å². The molecular formula is C12H13NO3S. The van der Waals surface area contributed by atoms with Gasteiger partial charge in [-0.25, -0.2) is 4.79 Å². The van der Waals surface area contributed by atoms with Gasteiger partial charge in [-0.2, -0.15) is 0 Å². The molecule has 0 aromatic carbocycles. The van der Waals surface area contributed by atoms with Crippen molar-refractivity contribution in [2.24, 2.45) is 5.92 Å². The zero-order valence-corrected chi connectivity index (χ0v) is 10.1. The zero-order valence-electron chi connectivity index (χ0n) is 9.26. The van der Waals surface area contributed by atoms with Crippen LogP contribution in [0.3, 0.4) is 0 Å². The van der Waals surface area contributed by atoms with Crippen LogP contribution in [0.2, 0.25) is 0 Å². The summed E-state index contributed by atoms with van der Waals surface area (Å²) >= 11 is 1.58. The van der Waals surface area contributed by atoms with E-state index in [9.17, 15) is 14.7 Å². The number of carbonyl (C=O) groups excluding carboxylic acids is 1. The van der Waals surface area contributed by atoms with Gasteiger partial charge in [0.1, 0.15) is 0 Å². The van der Waals surface area contributed by atoms with Gasteiger partial charge in [-0.3, -0.25) is 4.79 Å². The summed E-state index contributed by atoms with van der Waals surface area (Å²) in [6, 6.07) is 1.07. The quantitative estimate of drug-likeness (QED) is 0.869. The van der Waals surface area contributed by atoms with Crippen molar-refractivity contribution in [1.82, 2.24) is 4.90 Å². The zero-order chi connectivity index (χ0) is 12.0. The van der Waals surface area contributed by atoms with Crippen molar-refractivity contribution in [3.05, 3.63) is 21.9 Å². The number of hydrogen-bond acceptors (Lipinski definition) is 3. The van der Waals surface area contributed by atoms with Gasteiger partial charge in [0.25, 0.3) is 0 Å². The molecule has 1 aliphatic heterocycles. The third-order valence-electron chi connectivity index (χ3n) is 3.41. The SMILES string of the molecule is O=C(O)C1c2ccsc2CCN1C(=O)C1CC1. The highest BCUT2D eigenvalue weighted by Crippen LogP contribution is 2.38. The predicted molar refractivity (Wildman–Crippen MR) is 62.8 cm³/mol. The van der Waals surface area contributed by atoms with Crippen LogP contribution < -0.4 is 0 Å². The lowest BCUT2D eigenvalue weighted by Crippen LogP contribution is -2.43. The third kappa shape index (κ3) is 1.74. The number of aliphatic carboxylic acids is 1. The molecule has 1 unspecified atom stereocenters. The normalized spacial score (nSPS) is 23.3. The van der Waals surface area contributed by atoms with Crippen molar-refractivity contribution < 1.29 is 14.7 Å². The van der Waals surface area contributed by atoms with Gasteiger partial charge in [-0.05, 0) is 36.3 Å². The van der Waals surface area contributed by atoms with E-state index in [2.05, 4.69) is 0 Å². The first-order valence-electron chi connectivity index (χ1n) is 5.78. The van der Waals surface area contributed by atoms with E-state index in [1.54, 1.807) is 16.2 Å². The molecular weight excluding hydrogens is 238 g/mol. The van der Waals surface area contributed by atoms with Crippen molar-refractivity contribution in [1.29, 1.82) is 0 Å². The maximum atomic E-state index is 12.1. The molecule has 1 amide bonds. The molecule has 17 heavy (non-hydrogen) atoms. The van der Waals surface area contributed by atoms with Crippen LogP contribution in [0.25, 0.3) is 0 Å². The number of nitrogens with zero attached hydrogens (tertiary/aromatic N) is 1. The monoisotopic (exact) mass is 251 g/mol. The molecule has 1 N–H and O–H groups in total. The molecule has 4 nitrogen and oxygen atoms in total. The minimum absolute atomic E-state index is 0.0225. The number of fused-ring (bicyclic) bond motifs is 1. The number of carboxylic acid groups (broad SMARTS) is 1. The first-order valence-corrected chi connectivity index (χ1v) is 6.66. The number of rotatable bonds is 2. The number of carboxylic acids is 1. The van der Waals surface area contributed by atoms with Gasteiger partial charge >= 0.3 is 5.97 Å². The maximum Gasteiger partial charge on any atom is 0.331 e. The fourth-order valence-electron chi connectivity index (χ4n) is 2.38. The van der Waals surface area contributed by atoms with Gasteiger partial charge in [0.05, 0.1) is 0 Å². The molecule has 0 bridgehead atoms. The van der Waals surface area contributed by atoms with E-state index in [1.165, 1.54) is 0 Å². The van der Waals surface area contributed by atoms with Crippen molar-refractivity contribution in [2.45, 2.75) is 25.3 Å². The average Bonchev–Trinajstić information content (AvgIpc) is 3.04. The summed E-state index contributed by atoms with van der Waals surface area (Å²) in [5.41, 5.74) is 0.808. The molecule has 5 heteroatoms. The Kier molecular flexibility index (Phi) is 2.43. The highest BCUT2D eigenvalue weighted by atomic mass is 32.1. The average molecular weight is 251 g/mol. The highest BCUT2D eigenvalue weighted by molar-refractivity contribution is 7.10.